The number of aromatic nitrogens is 2. The highest BCUT2D eigenvalue weighted by atomic mass is 16.5. The first-order valence-electron chi connectivity index (χ1n) is 11.8. The molecule has 176 valence electrons. The lowest BCUT2D eigenvalue weighted by atomic mass is 9.87. The van der Waals surface area contributed by atoms with E-state index in [0.717, 1.165) is 50.4 Å². The van der Waals surface area contributed by atoms with E-state index in [-0.39, 0.29) is 0 Å². The van der Waals surface area contributed by atoms with E-state index >= 15 is 0 Å². The summed E-state index contributed by atoms with van der Waals surface area (Å²) < 4.78 is 5.91. The number of benzene rings is 2. The molecule has 3 heterocycles. The molecule has 2 aromatic carbocycles. The number of hydrogen-bond donors (Lipinski definition) is 1. The van der Waals surface area contributed by atoms with Gasteiger partial charge in [0.2, 0.25) is 0 Å². The lowest BCUT2D eigenvalue weighted by molar-refractivity contribution is 0.00735. The van der Waals surface area contributed by atoms with Crippen LogP contribution in [0.25, 0.3) is 26.9 Å². The summed E-state index contributed by atoms with van der Waals surface area (Å²) >= 11 is 0. The minimum Gasteiger partial charge on any atom is -0.494 e. The van der Waals surface area contributed by atoms with Gasteiger partial charge in [0.1, 0.15) is 5.60 Å². The van der Waals surface area contributed by atoms with E-state index in [2.05, 4.69) is 14.7 Å². The quantitative estimate of drug-likeness (QED) is 0.378. The maximum atomic E-state index is 11.4. The number of piperidine rings is 1. The Bertz CT molecular complexity index is 1410. The van der Waals surface area contributed by atoms with Crippen LogP contribution in [0, 0.1) is 20.4 Å². The summed E-state index contributed by atoms with van der Waals surface area (Å²) in [6, 6.07) is 17.7. The number of methoxy groups -OCH3 is 1. The third-order valence-corrected chi connectivity index (χ3v) is 6.85. The molecule has 0 bridgehead atoms. The molecule has 4 aromatic rings. The van der Waals surface area contributed by atoms with Crippen LogP contribution in [0.3, 0.4) is 0 Å². The number of nitrogens with zero attached hydrogens (tertiary/aromatic N) is 4. The molecule has 6 heteroatoms. The van der Waals surface area contributed by atoms with E-state index in [1.165, 1.54) is 0 Å². The molecule has 0 unspecified atom stereocenters. The second-order valence-electron chi connectivity index (χ2n) is 9.23. The highest BCUT2D eigenvalue weighted by Gasteiger charge is 2.36. The fourth-order valence-corrected chi connectivity index (χ4v) is 5.03. The van der Waals surface area contributed by atoms with Gasteiger partial charge < -0.3 is 14.7 Å². The van der Waals surface area contributed by atoms with Crippen LogP contribution in [0.5, 0.6) is 5.75 Å². The van der Waals surface area contributed by atoms with Crippen molar-refractivity contribution in [3.8, 4) is 16.9 Å². The van der Waals surface area contributed by atoms with Crippen LogP contribution in [-0.2, 0) is 5.60 Å². The molecule has 0 spiro atoms. The van der Waals surface area contributed by atoms with Crippen molar-refractivity contribution in [2.75, 3.05) is 25.1 Å². The van der Waals surface area contributed by atoms with Crippen LogP contribution in [0.4, 0.5) is 11.4 Å². The summed E-state index contributed by atoms with van der Waals surface area (Å²) in [6.45, 7) is 12.5. The summed E-state index contributed by atoms with van der Waals surface area (Å²) in [4.78, 5) is 15.2. The van der Waals surface area contributed by atoms with Crippen LogP contribution in [0.1, 0.15) is 29.8 Å². The second kappa shape index (κ2) is 9.01. The van der Waals surface area contributed by atoms with E-state index in [0.29, 0.717) is 31.6 Å². The van der Waals surface area contributed by atoms with Crippen molar-refractivity contribution in [2.45, 2.75) is 32.3 Å². The molecule has 0 radical (unpaired) electrons. The molecule has 1 fully saturated rings. The molecule has 35 heavy (non-hydrogen) atoms. The summed E-state index contributed by atoms with van der Waals surface area (Å²) in [5, 5.41) is 12.3. The van der Waals surface area contributed by atoms with Crippen LogP contribution in [0.2, 0.25) is 0 Å². The first-order valence-corrected chi connectivity index (χ1v) is 11.8. The van der Waals surface area contributed by atoms with Gasteiger partial charge in [-0.1, -0.05) is 36.4 Å². The van der Waals surface area contributed by atoms with Crippen molar-refractivity contribution in [1.82, 2.24) is 9.97 Å². The molecule has 0 saturated carbocycles. The lowest BCUT2D eigenvalue weighted by Crippen LogP contribution is -2.43. The fourth-order valence-electron chi connectivity index (χ4n) is 5.03. The van der Waals surface area contributed by atoms with Crippen molar-refractivity contribution in [1.29, 1.82) is 0 Å². The van der Waals surface area contributed by atoms with Crippen molar-refractivity contribution >= 4 is 22.3 Å². The van der Waals surface area contributed by atoms with Crippen LogP contribution in [0.15, 0.2) is 60.8 Å². The third-order valence-electron chi connectivity index (χ3n) is 6.85. The van der Waals surface area contributed by atoms with Crippen molar-refractivity contribution < 1.29 is 9.84 Å². The predicted octanol–water partition coefficient (Wildman–Crippen LogP) is 5.96. The Morgan fingerprint density at radius 2 is 1.80 bits per heavy atom. The highest BCUT2D eigenvalue weighted by molar-refractivity contribution is 5.99. The molecule has 1 N–H and O–H groups in total. The maximum Gasteiger partial charge on any atom is 0.187 e. The lowest BCUT2D eigenvalue weighted by Gasteiger charge is -2.39. The van der Waals surface area contributed by atoms with E-state index in [9.17, 15) is 5.11 Å². The smallest absolute Gasteiger partial charge is 0.187 e. The number of ether oxygens (including phenoxy) is 1. The average Bonchev–Trinajstić information content (AvgIpc) is 2.87. The topological polar surface area (TPSA) is 62.8 Å². The van der Waals surface area contributed by atoms with Crippen LogP contribution < -0.4 is 9.64 Å². The minimum absolute atomic E-state index is 0.581. The monoisotopic (exact) mass is 464 g/mol. The molecule has 5 rings (SSSR count). The van der Waals surface area contributed by atoms with Gasteiger partial charge in [-0.2, -0.15) is 0 Å². The van der Waals surface area contributed by atoms with Crippen LogP contribution >= 0.6 is 0 Å². The Balaban J connectivity index is 1.47. The van der Waals surface area contributed by atoms with Crippen LogP contribution in [-0.4, -0.2) is 35.3 Å². The van der Waals surface area contributed by atoms with E-state index in [1.54, 1.807) is 7.11 Å². The number of aliphatic hydroxyl groups is 1. The first kappa shape index (κ1) is 22.8. The largest absolute Gasteiger partial charge is 0.494 e. The molecular formula is C29H28N4O2. The number of rotatable bonds is 4. The minimum atomic E-state index is -0.935. The number of para-hydroxylation sites is 1. The van der Waals surface area contributed by atoms with Crippen molar-refractivity contribution in [3.63, 3.8) is 0 Å². The van der Waals surface area contributed by atoms with E-state index in [1.807, 2.05) is 74.6 Å². The average molecular weight is 465 g/mol. The molecule has 0 amide bonds. The zero-order valence-electron chi connectivity index (χ0n) is 20.2. The molecule has 2 aromatic heterocycles. The Kier molecular flexibility index (Phi) is 5.88. The van der Waals surface area contributed by atoms with Gasteiger partial charge in [0, 0.05) is 29.7 Å². The van der Waals surface area contributed by atoms with Gasteiger partial charge >= 0.3 is 0 Å². The van der Waals surface area contributed by atoms with Gasteiger partial charge in [0.05, 0.1) is 36.8 Å². The number of hydrogen-bond acceptors (Lipinski definition) is 5. The number of anilines is 1. The first-order chi connectivity index (χ1) is 16.9. The third kappa shape index (κ3) is 4.20. The SMILES string of the molecule is [C-]#[N+]c1ccc(-c2cccc3c(OC)c(N4CCC(O)(c5cc(C)cc(C)n5)CC4)cnc23)cc1. The van der Waals surface area contributed by atoms with Gasteiger partial charge in [-0.25, -0.2) is 4.85 Å². The molecular weight excluding hydrogens is 436 g/mol. The van der Waals surface area contributed by atoms with Gasteiger partial charge in [-0.15, -0.1) is 0 Å². The Morgan fingerprint density at radius 3 is 2.46 bits per heavy atom. The normalized spacial score (nSPS) is 15.1. The van der Waals surface area contributed by atoms with Gasteiger partial charge in [0.25, 0.3) is 0 Å². The molecule has 1 aliphatic heterocycles. The predicted molar refractivity (Wildman–Crippen MR) is 139 cm³/mol. The maximum absolute atomic E-state index is 11.4. The Labute approximate surface area is 205 Å². The van der Waals surface area contributed by atoms with Crippen molar-refractivity contribution in [3.05, 3.63) is 89.2 Å². The standard InChI is InChI=1S/C29H28N4O2/c1-19-16-20(2)32-26(17-19)29(34)12-14-33(15-13-29)25-18-31-27-23(6-5-7-24(27)28(25)35-4)21-8-10-22(30-3)11-9-21/h5-11,16-18,34H,12-15H2,1-2,4H3. The molecule has 1 aliphatic rings. The van der Waals surface area contributed by atoms with Gasteiger partial charge in [-0.3, -0.25) is 9.97 Å². The molecule has 1 saturated heterocycles. The summed E-state index contributed by atoms with van der Waals surface area (Å²) in [6.07, 6.45) is 3.03. The molecule has 0 aliphatic carbocycles. The molecule has 6 nitrogen and oxygen atoms in total. The zero-order valence-corrected chi connectivity index (χ0v) is 20.2. The fraction of sp³-hybridized carbons (Fsp3) is 0.276. The second-order valence-corrected chi connectivity index (χ2v) is 9.23. The molecule has 0 atom stereocenters. The highest BCUT2D eigenvalue weighted by Crippen LogP contribution is 2.41. The number of aryl methyl sites for hydroxylation is 2. The Morgan fingerprint density at radius 1 is 1.06 bits per heavy atom. The summed E-state index contributed by atoms with van der Waals surface area (Å²) in [5.41, 5.74) is 6.27. The summed E-state index contributed by atoms with van der Waals surface area (Å²) in [7, 11) is 1.69. The van der Waals surface area contributed by atoms with Gasteiger partial charge in [0.15, 0.2) is 11.4 Å². The van der Waals surface area contributed by atoms with Crippen molar-refractivity contribution in [2.24, 2.45) is 0 Å². The Hall–Kier alpha value is -3.95. The van der Waals surface area contributed by atoms with E-state index < -0.39 is 5.60 Å². The number of fused-ring (bicyclic) bond motifs is 1. The van der Waals surface area contributed by atoms with E-state index in [4.69, 9.17) is 16.3 Å². The summed E-state index contributed by atoms with van der Waals surface area (Å²) in [5.74, 6) is 0.782. The number of pyridine rings is 2. The zero-order chi connectivity index (χ0) is 24.6. The van der Waals surface area contributed by atoms with Gasteiger partial charge in [-0.05, 0) is 56.0 Å².